The molecule has 1 aliphatic rings. The Hall–Kier alpha value is -2.39. The summed E-state index contributed by atoms with van der Waals surface area (Å²) in [5.41, 5.74) is 2.22. The first-order chi connectivity index (χ1) is 15.9. The number of nitrogens with zero attached hydrogens (tertiary/aromatic N) is 1. The molecule has 1 aliphatic heterocycles. The van der Waals surface area contributed by atoms with Gasteiger partial charge in [-0.05, 0) is 81.7 Å². The second kappa shape index (κ2) is 10.3. The Morgan fingerprint density at radius 2 is 1.85 bits per heavy atom. The van der Waals surface area contributed by atoms with Crippen LogP contribution in [0.3, 0.4) is 0 Å². The van der Waals surface area contributed by atoms with Crippen molar-refractivity contribution in [1.29, 1.82) is 0 Å². The van der Waals surface area contributed by atoms with Gasteiger partial charge >= 0.3 is 0 Å². The number of carbonyl (C=O) groups excluding carboxylic acids is 1. The van der Waals surface area contributed by atoms with Crippen LogP contribution in [0.5, 0.6) is 11.5 Å². The van der Waals surface area contributed by atoms with Gasteiger partial charge in [-0.1, -0.05) is 47.7 Å². The van der Waals surface area contributed by atoms with E-state index in [0.29, 0.717) is 35.9 Å². The van der Waals surface area contributed by atoms with Crippen molar-refractivity contribution in [2.45, 2.75) is 6.61 Å². The fraction of sp³-hybridized carbons (Fsp3) is 0.0833. The highest BCUT2D eigenvalue weighted by Gasteiger charge is 2.33. The van der Waals surface area contributed by atoms with E-state index in [9.17, 15) is 9.18 Å². The second-order valence-electron chi connectivity index (χ2n) is 6.94. The predicted octanol–water partition coefficient (Wildman–Crippen LogP) is 7.24. The molecule has 4 rings (SSSR count). The molecule has 0 atom stereocenters. The average Bonchev–Trinajstić information content (AvgIpc) is 3.07. The van der Waals surface area contributed by atoms with Gasteiger partial charge in [0.2, 0.25) is 0 Å². The first-order valence-corrected chi connectivity index (χ1v) is 12.0. The number of carbonyl (C=O) groups is 1. The maximum atomic E-state index is 13.1. The molecule has 1 saturated heterocycles. The summed E-state index contributed by atoms with van der Waals surface area (Å²) in [7, 11) is 1.54. The molecule has 0 radical (unpaired) electrons. The molecule has 1 amide bonds. The molecule has 0 aromatic heterocycles. The average molecular weight is 565 g/mol. The smallest absolute Gasteiger partial charge is 0.270 e. The van der Waals surface area contributed by atoms with Crippen LogP contribution in [-0.4, -0.2) is 17.3 Å². The zero-order chi connectivity index (χ0) is 23.5. The molecule has 0 bridgehead atoms. The lowest BCUT2D eigenvalue weighted by Crippen LogP contribution is -2.27. The SMILES string of the molecule is COc1cc(/C=C2\SC(=S)N(c3ccc(Cl)cc3)C2=O)cc(Br)c1OCc1ccc(F)cc1. The lowest BCUT2D eigenvalue weighted by Gasteiger charge is -2.14. The summed E-state index contributed by atoms with van der Waals surface area (Å²) < 4.78 is 25.6. The van der Waals surface area contributed by atoms with E-state index >= 15 is 0 Å². The molecule has 33 heavy (non-hydrogen) atoms. The van der Waals surface area contributed by atoms with Gasteiger partial charge in [-0.2, -0.15) is 0 Å². The third-order valence-electron chi connectivity index (χ3n) is 4.72. The van der Waals surface area contributed by atoms with Gasteiger partial charge in [0.15, 0.2) is 15.8 Å². The number of thioether (sulfide) groups is 1. The van der Waals surface area contributed by atoms with Crippen LogP contribution in [0, 0.1) is 5.82 Å². The lowest BCUT2D eigenvalue weighted by atomic mass is 10.1. The summed E-state index contributed by atoms with van der Waals surface area (Å²) in [4.78, 5) is 15.0. The van der Waals surface area contributed by atoms with Crippen LogP contribution in [0.25, 0.3) is 6.08 Å². The van der Waals surface area contributed by atoms with E-state index in [1.807, 2.05) is 6.07 Å². The Kier molecular flexibility index (Phi) is 7.38. The summed E-state index contributed by atoms with van der Waals surface area (Å²) in [5.74, 6) is 0.487. The molecule has 168 valence electrons. The van der Waals surface area contributed by atoms with Crippen LogP contribution in [0.15, 0.2) is 70.0 Å². The number of thiocarbonyl (C=S) groups is 1. The minimum Gasteiger partial charge on any atom is -0.493 e. The van der Waals surface area contributed by atoms with Crippen molar-refractivity contribution < 1.29 is 18.7 Å². The molecule has 0 aliphatic carbocycles. The second-order valence-corrected chi connectivity index (χ2v) is 9.91. The van der Waals surface area contributed by atoms with Crippen LogP contribution in [-0.2, 0) is 11.4 Å². The highest BCUT2D eigenvalue weighted by molar-refractivity contribution is 9.10. The van der Waals surface area contributed by atoms with Crippen LogP contribution in [0.1, 0.15) is 11.1 Å². The largest absolute Gasteiger partial charge is 0.493 e. The highest BCUT2D eigenvalue weighted by atomic mass is 79.9. The Labute approximate surface area is 213 Å². The molecule has 9 heteroatoms. The first-order valence-electron chi connectivity index (χ1n) is 9.64. The number of anilines is 1. The molecule has 0 N–H and O–H groups in total. The first kappa shape index (κ1) is 23.8. The molecular weight excluding hydrogens is 549 g/mol. The summed E-state index contributed by atoms with van der Waals surface area (Å²) in [6.07, 6.45) is 1.76. The fourth-order valence-corrected chi connectivity index (χ4v) is 5.13. The highest BCUT2D eigenvalue weighted by Crippen LogP contribution is 2.40. The number of ether oxygens (including phenoxy) is 2. The zero-order valence-electron chi connectivity index (χ0n) is 17.2. The molecule has 0 spiro atoms. The van der Waals surface area contributed by atoms with E-state index in [4.69, 9.17) is 33.3 Å². The minimum atomic E-state index is -0.302. The van der Waals surface area contributed by atoms with Gasteiger partial charge in [0.25, 0.3) is 5.91 Å². The molecule has 1 heterocycles. The van der Waals surface area contributed by atoms with Gasteiger partial charge < -0.3 is 9.47 Å². The zero-order valence-corrected chi connectivity index (χ0v) is 21.2. The van der Waals surface area contributed by atoms with Crippen LogP contribution >= 0.6 is 51.5 Å². The van der Waals surface area contributed by atoms with Gasteiger partial charge in [0.05, 0.1) is 22.2 Å². The Balaban J connectivity index is 1.57. The monoisotopic (exact) mass is 563 g/mol. The van der Waals surface area contributed by atoms with Gasteiger partial charge in [0.1, 0.15) is 12.4 Å². The van der Waals surface area contributed by atoms with Crippen molar-refractivity contribution in [1.82, 2.24) is 0 Å². The number of amides is 1. The summed E-state index contributed by atoms with van der Waals surface area (Å²) in [6.45, 7) is 0.244. The summed E-state index contributed by atoms with van der Waals surface area (Å²) in [6, 6.07) is 16.6. The van der Waals surface area contributed by atoms with Crippen molar-refractivity contribution >= 4 is 73.5 Å². The number of hydrogen-bond acceptors (Lipinski definition) is 5. The van der Waals surface area contributed by atoms with Gasteiger partial charge in [-0.15, -0.1) is 0 Å². The van der Waals surface area contributed by atoms with E-state index in [1.54, 1.807) is 48.5 Å². The maximum absolute atomic E-state index is 13.1. The van der Waals surface area contributed by atoms with E-state index in [1.165, 1.54) is 35.9 Å². The lowest BCUT2D eigenvalue weighted by molar-refractivity contribution is -0.113. The van der Waals surface area contributed by atoms with Crippen molar-refractivity contribution in [2.75, 3.05) is 12.0 Å². The Morgan fingerprint density at radius 1 is 1.15 bits per heavy atom. The van der Waals surface area contributed by atoms with Gasteiger partial charge in [0, 0.05) is 5.02 Å². The number of hydrogen-bond donors (Lipinski definition) is 0. The quantitative estimate of drug-likeness (QED) is 0.233. The number of rotatable bonds is 6. The van der Waals surface area contributed by atoms with Crippen LogP contribution < -0.4 is 14.4 Å². The molecule has 3 aromatic rings. The summed E-state index contributed by atoms with van der Waals surface area (Å²) >= 11 is 16.1. The number of benzene rings is 3. The third kappa shape index (κ3) is 5.41. The molecule has 4 nitrogen and oxygen atoms in total. The molecule has 1 fully saturated rings. The van der Waals surface area contributed by atoms with Crippen LogP contribution in [0.4, 0.5) is 10.1 Å². The number of methoxy groups -OCH3 is 1. The summed E-state index contributed by atoms with van der Waals surface area (Å²) in [5, 5.41) is 0.582. The van der Waals surface area contributed by atoms with Crippen LogP contribution in [0.2, 0.25) is 5.02 Å². The molecular formula is C24H16BrClFNO3S2. The van der Waals surface area contributed by atoms with Gasteiger partial charge in [-0.25, -0.2) is 4.39 Å². The standard InChI is InChI=1S/C24H16BrClFNO3S2/c1-30-20-11-15(10-19(25)22(20)31-13-14-2-6-17(27)7-3-14)12-21-23(29)28(24(32)33-21)18-8-4-16(26)5-9-18/h2-12H,13H2,1H3/b21-12-. The van der Waals surface area contributed by atoms with Crippen molar-refractivity contribution in [3.05, 3.63) is 92.0 Å². The topological polar surface area (TPSA) is 38.8 Å². The van der Waals surface area contributed by atoms with E-state index < -0.39 is 0 Å². The predicted molar refractivity (Wildman–Crippen MR) is 139 cm³/mol. The normalized spacial score (nSPS) is 14.8. The van der Waals surface area contributed by atoms with Gasteiger partial charge in [-0.3, -0.25) is 9.69 Å². The van der Waals surface area contributed by atoms with Crippen molar-refractivity contribution in [3.8, 4) is 11.5 Å². The van der Waals surface area contributed by atoms with E-state index in [0.717, 1.165) is 11.1 Å². The van der Waals surface area contributed by atoms with Crippen molar-refractivity contribution in [2.24, 2.45) is 0 Å². The Bertz CT molecular complexity index is 1250. The van der Waals surface area contributed by atoms with Crippen molar-refractivity contribution in [3.63, 3.8) is 0 Å². The minimum absolute atomic E-state index is 0.209. The number of halogens is 3. The molecule has 0 saturated carbocycles. The van der Waals surface area contributed by atoms with E-state index in [-0.39, 0.29) is 18.3 Å². The third-order valence-corrected chi connectivity index (χ3v) is 6.87. The van der Waals surface area contributed by atoms with E-state index in [2.05, 4.69) is 15.9 Å². The molecule has 0 unspecified atom stereocenters. The Morgan fingerprint density at radius 3 is 2.52 bits per heavy atom. The molecule has 3 aromatic carbocycles. The maximum Gasteiger partial charge on any atom is 0.270 e. The fourth-order valence-electron chi connectivity index (χ4n) is 3.13.